The summed E-state index contributed by atoms with van der Waals surface area (Å²) in [5.41, 5.74) is 1.18. The number of aliphatic hydroxyl groups excluding tert-OH is 1. The Morgan fingerprint density at radius 1 is 1.25 bits per heavy atom. The Morgan fingerprint density at radius 2 is 2.00 bits per heavy atom. The van der Waals surface area contributed by atoms with Crippen LogP contribution < -0.4 is 4.74 Å². The number of para-hydroxylation sites is 1. The number of aliphatic hydroxyl groups is 1. The largest absolute Gasteiger partial charge is 0.494 e. The van der Waals surface area contributed by atoms with Crippen molar-refractivity contribution >= 4 is 0 Å². The molecule has 1 aromatic carbocycles. The molecule has 0 aliphatic heterocycles. The van der Waals surface area contributed by atoms with E-state index < -0.39 is 0 Å². The van der Waals surface area contributed by atoms with Gasteiger partial charge in [-0.1, -0.05) is 25.1 Å². The normalized spacial score (nSPS) is 10.8. The highest BCUT2D eigenvalue weighted by Crippen LogP contribution is 2.19. The number of benzene rings is 1. The first-order valence-corrected chi connectivity index (χ1v) is 5.85. The average molecular weight is 223 g/mol. The Kier molecular flexibility index (Phi) is 5.90. The van der Waals surface area contributed by atoms with Crippen LogP contribution in [0.5, 0.6) is 5.75 Å². The molecule has 0 spiro atoms. The fourth-order valence-electron chi connectivity index (χ4n) is 1.66. The smallest absolute Gasteiger partial charge is 0.123 e. The molecule has 16 heavy (non-hydrogen) atoms. The summed E-state index contributed by atoms with van der Waals surface area (Å²) in [5, 5.41) is 8.95. The van der Waals surface area contributed by atoms with Crippen molar-refractivity contribution in [2.75, 3.05) is 26.3 Å². The average Bonchev–Trinajstić information content (AvgIpc) is 2.31. The third-order valence-electron chi connectivity index (χ3n) is 2.53. The minimum Gasteiger partial charge on any atom is -0.494 e. The molecule has 1 rings (SSSR count). The van der Waals surface area contributed by atoms with Gasteiger partial charge in [-0.3, -0.25) is 4.90 Å². The highest BCUT2D eigenvalue weighted by Gasteiger charge is 2.07. The van der Waals surface area contributed by atoms with Crippen molar-refractivity contribution in [2.24, 2.45) is 0 Å². The first-order chi connectivity index (χ1) is 7.81. The Hall–Kier alpha value is -1.06. The Morgan fingerprint density at radius 3 is 2.62 bits per heavy atom. The van der Waals surface area contributed by atoms with Gasteiger partial charge in [0.1, 0.15) is 5.75 Å². The number of rotatable bonds is 7. The van der Waals surface area contributed by atoms with E-state index in [1.165, 1.54) is 5.56 Å². The fourth-order valence-corrected chi connectivity index (χ4v) is 1.66. The highest BCUT2D eigenvalue weighted by atomic mass is 16.5. The molecule has 0 saturated heterocycles. The summed E-state index contributed by atoms with van der Waals surface area (Å²) in [6.07, 6.45) is 0. The lowest BCUT2D eigenvalue weighted by molar-refractivity contribution is 0.194. The number of likely N-dealkylation sites (N-methyl/N-ethyl adjacent to an activating group) is 1. The lowest BCUT2D eigenvalue weighted by Gasteiger charge is -2.20. The van der Waals surface area contributed by atoms with Gasteiger partial charge in [0, 0.05) is 18.7 Å². The Bertz CT molecular complexity index is 302. The lowest BCUT2D eigenvalue weighted by atomic mass is 10.2. The molecule has 3 nitrogen and oxygen atoms in total. The van der Waals surface area contributed by atoms with Crippen molar-refractivity contribution in [1.82, 2.24) is 4.90 Å². The minimum absolute atomic E-state index is 0.199. The monoisotopic (exact) mass is 223 g/mol. The van der Waals surface area contributed by atoms with Crippen molar-refractivity contribution in [3.05, 3.63) is 29.8 Å². The van der Waals surface area contributed by atoms with Crippen molar-refractivity contribution < 1.29 is 9.84 Å². The molecule has 0 amide bonds. The van der Waals surface area contributed by atoms with Crippen molar-refractivity contribution in [3.8, 4) is 5.75 Å². The van der Waals surface area contributed by atoms with Crippen LogP contribution in [0.25, 0.3) is 0 Å². The van der Waals surface area contributed by atoms with Gasteiger partial charge in [-0.25, -0.2) is 0 Å². The van der Waals surface area contributed by atoms with E-state index in [0.717, 1.165) is 18.8 Å². The van der Waals surface area contributed by atoms with Crippen LogP contribution in [0.2, 0.25) is 0 Å². The summed E-state index contributed by atoms with van der Waals surface area (Å²) >= 11 is 0. The number of nitrogens with zero attached hydrogens (tertiary/aromatic N) is 1. The van der Waals surface area contributed by atoms with E-state index in [4.69, 9.17) is 9.84 Å². The maximum Gasteiger partial charge on any atom is 0.123 e. The predicted octanol–water partition coefficient (Wildman–Crippen LogP) is 1.90. The van der Waals surface area contributed by atoms with Crippen LogP contribution in [0.15, 0.2) is 24.3 Å². The van der Waals surface area contributed by atoms with Crippen LogP contribution in [-0.4, -0.2) is 36.3 Å². The third kappa shape index (κ3) is 3.83. The molecule has 90 valence electrons. The summed E-state index contributed by atoms with van der Waals surface area (Å²) in [6, 6.07) is 8.07. The van der Waals surface area contributed by atoms with E-state index in [-0.39, 0.29) is 6.61 Å². The summed E-state index contributed by atoms with van der Waals surface area (Å²) in [7, 11) is 0. The highest BCUT2D eigenvalue weighted by molar-refractivity contribution is 5.33. The molecular formula is C13H21NO2. The number of ether oxygens (including phenoxy) is 1. The first kappa shape index (κ1) is 13.0. The van der Waals surface area contributed by atoms with E-state index in [9.17, 15) is 0 Å². The summed E-state index contributed by atoms with van der Waals surface area (Å²) in [4.78, 5) is 2.19. The number of hydrogen-bond acceptors (Lipinski definition) is 3. The summed E-state index contributed by atoms with van der Waals surface area (Å²) < 4.78 is 5.57. The van der Waals surface area contributed by atoms with Gasteiger partial charge in [0.25, 0.3) is 0 Å². The van der Waals surface area contributed by atoms with Gasteiger partial charge in [-0.15, -0.1) is 0 Å². The fraction of sp³-hybridized carbons (Fsp3) is 0.538. The Labute approximate surface area is 97.7 Å². The summed E-state index contributed by atoms with van der Waals surface area (Å²) in [6.45, 7) is 7.43. The Balaban J connectivity index is 2.70. The van der Waals surface area contributed by atoms with Crippen molar-refractivity contribution in [2.45, 2.75) is 20.4 Å². The van der Waals surface area contributed by atoms with Gasteiger partial charge in [-0.2, -0.15) is 0 Å². The van der Waals surface area contributed by atoms with E-state index in [0.29, 0.717) is 13.2 Å². The van der Waals surface area contributed by atoms with E-state index in [1.807, 2.05) is 25.1 Å². The zero-order chi connectivity index (χ0) is 11.8. The molecule has 0 heterocycles. The maximum absolute atomic E-state index is 8.95. The molecule has 1 aromatic rings. The standard InChI is InChI=1S/C13H21NO2/c1-3-14(9-10-15)11-12-7-5-6-8-13(12)16-4-2/h5-8,15H,3-4,9-11H2,1-2H3. The van der Waals surface area contributed by atoms with Crippen LogP contribution in [0, 0.1) is 0 Å². The quantitative estimate of drug-likeness (QED) is 0.766. The molecule has 0 saturated carbocycles. The second-order valence-corrected chi connectivity index (χ2v) is 3.63. The van der Waals surface area contributed by atoms with Gasteiger partial charge in [0.2, 0.25) is 0 Å². The van der Waals surface area contributed by atoms with Crippen molar-refractivity contribution in [1.29, 1.82) is 0 Å². The van der Waals surface area contributed by atoms with Gasteiger partial charge < -0.3 is 9.84 Å². The van der Waals surface area contributed by atoms with Crippen LogP contribution in [-0.2, 0) is 6.54 Å². The topological polar surface area (TPSA) is 32.7 Å². The van der Waals surface area contributed by atoms with Gasteiger partial charge in [0.05, 0.1) is 13.2 Å². The number of hydrogen-bond donors (Lipinski definition) is 1. The predicted molar refractivity (Wildman–Crippen MR) is 65.6 cm³/mol. The molecule has 0 bridgehead atoms. The minimum atomic E-state index is 0.199. The molecule has 0 atom stereocenters. The molecule has 0 aliphatic carbocycles. The van der Waals surface area contributed by atoms with E-state index >= 15 is 0 Å². The van der Waals surface area contributed by atoms with Crippen LogP contribution in [0.1, 0.15) is 19.4 Å². The molecule has 1 N–H and O–H groups in total. The van der Waals surface area contributed by atoms with E-state index in [2.05, 4.69) is 17.9 Å². The molecule has 0 aromatic heterocycles. The van der Waals surface area contributed by atoms with Crippen molar-refractivity contribution in [3.63, 3.8) is 0 Å². The van der Waals surface area contributed by atoms with E-state index in [1.54, 1.807) is 0 Å². The molecule has 0 radical (unpaired) electrons. The first-order valence-electron chi connectivity index (χ1n) is 5.85. The van der Waals surface area contributed by atoms with Crippen LogP contribution in [0.4, 0.5) is 0 Å². The van der Waals surface area contributed by atoms with Crippen LogP contribution >= 0.6 is 0 Å². The van der Waals surface area contributed by atoms with Gasteiger partial charge in [0.15, 0.2) is 0 Å². The molecular weight excluding hydrogens is 202 g/mol. The second-order valence-electron chi connectivity index (χ2n) is 3.63. The molecule has 0 unspecified atom stereocenters. The molecule has 0 aliphatic rings. The lowest BCUT2D eigenvalue weighted by Crippen LogP contribution is -2.26. The maximum atomic E-state index is 8.95. The molecule has 3 heteroatoms. The van der Waals surface area contributed by atoms with Crippen LogP contribution in [0.3, 0.4) is 0 Å². The second kappa shape index (κ2) is 7.25. The molecule has 0 fully saturated rings. The SMILES string of the molecule is CCOc1ccccc1CN(CC)CCO. The summed E-state index contributed by atoms with van der Waals surface area (Å²) in [5.74, 6) is 0.946. The van der Waals surface area contributed by atoms with Gasteiger partial charge in [-0.05, 0) is 19.5 Å². The third-order valence-corrected chi connectivity index (χ3v) is 2.53. The zero-order valence-corrected chi connectivity index (χ0v) is 10.1. The van der Waals surface area contributed by atoms with Gasteiger partial charge >= 0.3 is 0 Å². The zero-order valence-electron chi connectivity index (χ0n) is 10.1.